The van der Waals surface area contributed by atoms with Gasteiger partial charge in [0.15, 0.2) is 0 Å². The van der Waals surface area contributed by atoms with Crippen LogP contribution in [0.5, 0.6) is 0 Å². The van der Waals surface area contributed by atoms with E-state index in [1.54, 1.807) is 13.0 Å². The van der Waals surface area contributed by atoms with Crippen LogP contribution in [0.3, 0.4) is 0 Å². The van der Waals surface area contributed by atoms with Crippen LogP contribution in [-0.2, 0) is 10.0 Å². The summed E-state index contributed by atoms with van der Waals surface area (Å²) in [5.41, 5.74) is 7.97. The number of benzene rings is 2. The Bertz CT molecular complexity index is 807. The second-order valence-corrected chi connectivity index (χ2v) is 7.79. The van der Waals surface area contributed by atoms with Crippen molar-refractivity contribution < 1.29 is 8.42 Å². The van der Waals surface area contributed by atoms with Gasteiger partial charge < -0.3 is 11.1 Å². The molecule has 0 unspecified atom stereocenters. The zero-order valence-corrected chi connectivity index (χ0v) is 15.0. The van der Waals surface area contributed by atoms with Crippen LogP contribution in [0.2, 0.25) is 0 Å². The highest BCUT2D eigenvalue weighted by atomic mass is 79.9. The number of primary sulfonamides is 1. The largest absolute Gasteiger partial charge is 0.399 e. The Morgan fingerprint density at radius 1 is 1.10 bits per heavy atom. The van der Waals surface area contributed by atoms with Crippen molar-refractivity contribution in [1.82, 2.24) is 0 Å². The second kappa shape index (κ2) is 5.96. The molecule has 2 aromatic rings. The van der Waals surface area contributed by atoms with Gasteiger partial charge in [0.25, 0.3) is 0 Å². The Labute approximate surface area is 140 Å². The zero-order valence-electron chi connectivity index (χ0n) is 11.0. The van der Waals surface area contributed by atoms with E-state index in [0.717, 1.165) is 14.6 Å². The van der Waals surface area contributed by atoms with E-state index in [1.807, 2.05) is 18.2 Å². The summed E-state index contributed by atoms with van der Waals surface area (Å²) in [6, 6.07) is 8.62. The number of hydrogen-bond acceptors (Lipinski definition) is 4. The third kappa shape index (κ3) is 3.76. The van der Waals surface area contributed by atoms with Crippen LogP contribution in [-0.4, -0.2) is 8.42 Å². The van der Waals surface area contributed by atoms with E-state index in [0.29, 0.717) is 16.9 Å². The number of nitrogen functional groups attached to an aromatic ring is 1. The maximum absolute atomic E-state index is 11.6. The summed E-state index contributed by atoms with van der Waals surface area (Å²) in [5, 5.41) is 8.37. The average molecular weight is 435 g/mol. The van der Waals surface area contributed by atoms with Gasteiger partial charge in [-0.05, 0) is 58.7 Å². The lowest BCUT2D eigenvalue weighted by molar-refractivity contribution is 0.597. The summed E-state index contributed by atoms with van der Waals surface area (Å²) >= 11 is 6.81. The molecule has 0 saturated carbocycles. The topological polar surface area (TPSA) is 98.2 Å². The van der Waals surface area contributed by atoms with Gasteiger partial charge in [-0.2, -0.15) is 0 Å². The lowest BCUT2D eigenvalue weighted by Crippen LogP contribution is -2.15. The number of nitrogens with two attached hydrogens (primary N) is 2. The number of halogens is 2. The summed E-state index contributed by atoms with van der Waals surface area (Å²) in [6.45, 7) is 1.67. The fourth-order valence-corrected chi connectivity index (χ4v) is 3.85. The first kappa shape index (κ1) is 16.3. The molecule has 112 valence electrons. The van der Waals surface area contributed by atoms with E-state index in [9.17, 15) is 8.42 Å². The molecule has 0 radical (unpaired) electrons. The van der Waals surface area contributed by atoms with E-state index >= 15 is 0 Å². The molecular formula is C13H13Br2N3O2S. The minimum atomic E-state index is -3.83. The smallest absolute Gasteiger partial charge is 0.238 e. The summed E-state index contributed by atoms with van der Waals surface area (Å²) < 4.78 is 25.0. The minimum Gasteiger partial charge on any atom is -0.399 e. The van der Waals surface area contributed by atoms with Crippen LogP contribution < -0.4 is 16.2 Å². The van der Waals surface area contributed by atoms with Crippen LogP contribution >= 0.6 is 31.9 Å². The molecule has 0 aliphatic heterocycles. The van der Waals surface area contributed by atoms with Crippen LogP contribution in [0, 0.1) is 6.92 Å². The summed E-state index contributed by atoms with van der Waals surface area (Å²) in [7, 11) is -3.83. The highest BCUT2D eigenvalue weighted by molar-refractivity contribution is 9.11. The van der Waals surface area contributed by atoms with Crippen molar-refractivity contribution in [3.63, 3.8) is 0 Å². The first-order valence-corrected chi connectivity index (χ1v) is 8.96. The molecule has 0 bridgehead atoms. The van der Waals surface area contributed by atoms with Crippen molar-refractivity contribution in [2.45, 2.75) is 11.8 Å². The van der Waals surface area contributed by atoms with Gasteiger partial charge in [0, 0.05) is 20.3 Å². The molecule has 8 heteroatoms. The molecule has 0 aliphatic carbocycles. The quantitative estimate of drug-likeness (QED) is 0.643. The first-order valence-electron chi connectivity index (χ1n) is 5.83. The Balaban J connectivity index is 2.52. The number of hydrogen-bond donors (Lipinski definition) is 3. The maximum Gasteiger partial charge on any atom is 0.238 e. The van der Waals surface area contributed by atoms with Gasteiger partial charge in [0.1, 0.15) is 0 Å². The van der Waals surface area contributed by atoms with Gasteiger partial charge in [0.05, 0.1) is 10.6 Å². The number of rotatable bonds is 3. The van der Waals surface area contributed by atoms with Crippen molar-refractivity contribution in [3.05, 3.63) is 44.8 Å². The average Bonchev–Trinajstić information content (AvgIpc) is 2.35. The molecule has 0 fully saturated rings. The summed E-state index contributed by atoms with van der Waals surface area (Å²) in [6.07, 6.45) is 0. The Kier molecular flexibility index (Phi) is 4.62. The monoisotopic (exact) mass is 433 g/mol. The van der Waals surface area contributed by atoms with E-state index < -0.39 is 10.0 Å². The van der Waals surface area contributed by atoms with Gasteiger partial charge in [-0.3, -0.25) is 0 Å². The third-order valence-corrected chi connectivity index (χ3v) is 5.08. The van der Waals surface area contributed by atoms with Crippen molar-refractivity contribution >= 4 is 58.9 Å². The molecule has 5 N–H and O–H groups in total. The molecule has 0 atom stereocenters. The van der Waals surface area contributed by atoms with Crippen LogP contribution in [0.25, 0.3) is 0 Å². The Morgan fingerprint density at radius 3 is 2.33 bits per heavy atom. The lowest BCUT2D eigenvalue weighted by Gasteiger charge is -2.15. The molecule has 0 spiro atoms. The lowest BCUT2D eigenvalue weighted by atomic mass is 10.1. The molecular weight excluding hydrogens is 422 g/mol. The second-order valence-electron chi connectivity index (χ2n) is 4.49. The first-order chi connectivity index (χ1) is 9.68. The summed E-state index contributed by atoms with van der Waals surface area (Å²) in [5.74, 6) is 0. The SMILES string of the molecule is Cc1c(Nc2ccc(Br)cc2Br)cc(N)cc1S(N)(=O)=O. The molecule has 0 saturated heterocycles. The van der Waals surface area contributed by atoms with Gasteiger partial charge in [-0.25, -0.2) is 13.6 Å². The number of anilines is 3. The molecule has 2 aromatic carbocycles. The highest BCUT2D eigenvalue weighted by Gasteiger charge is 2.16. The molecule has 21 heavy (non-hydrogen) atoms. The van der Waals surface area contributed by atoms with E-state index in [2.05, 4.69) is 37.2 Å². The van der Waals surface area contributed by atoms with Crippen LogP contribution in [0.1, 0.15) is 5.56 Å². The maximum atomic E-state index is 11.6. The molecule has 5 nitrogen and oxygen atoms in total. The number of sulfonamides is 1. The molecule has 0 aliphatic rings. The Hall–Kier alpha value is -1.09. The van der Waals surface area contributed by atoms with Crippen LogP contribution in [0.15, 0.2) is 44.2 Å². The van der Waals surface area contributed by atoms with Crippen molar-refractivity contribution in [1.29, 1.82) is 0 Å². The standard InChI is InChI=1S/C13H13Br2N3O2S/c1-7-12(5-9(16)6-13(7)21(17,19)20)18-11-3-2-8(14)4-10(11)15/h2-6,18H,16H2,1H3,(H2,17,19,20). The summed E-state index contributed by atoms with van der Waals surface area (Å²) in [4.78, 5) is 0.0123. The fraction of sp³-hybridized carbons (Fsp3) is 0.0769. The predicted octanol–water partition coefficient (Wildman–Crippen LogP) is 3.49. The van der Waals surface area contributed by atoms with Gasteiger partial charge in [-0.15, -0.1) is 0 Å². The molecule has 2 rings (SSSR count). The van der Waals surface area contributed by atoms with E-state index in [4.69, 9.17) is 10.9 Å². The Morgan fingerprint density at radius 2 is 1.76 bits per heavy atom. The van der Waals surface area contributed by atoms with Gasteiger partial charge in [0.2, 0.25) is 10.0 Å². The van der Waals surface area contributed by atoms with E-state index in [1.165, 1.54) is 6.07 Å². The molecule has 0 aromatic heterocycles. The molecule has 0 heterocycles. The highest BCUT2D eigenvalue weighted by Crippen LogP contribution is 2.32. The molecule has 0 amide bonds. The van der Waals surface area contributed by atoms with Crippen molar-refractivity contribution in [3.8, 4) is 0 Å². The fourth-order valence-electron chi connectivity index (χ4n) is 1.87. The zero-order chi connectivity index (χ0) is 15.8. The van der Waals surface area contributed by atoms with Crippen molar-refractivity contribution in [2.75, 3.05) is 11.1 Å². The number of nitrogens with one attached hydrogen (secondary N) is 1. The van der Waals surface area contributed by atoms with Crippen molar-refractivity contribution in [2.24, 2.45) is 5.14 Å². The van der Waals surface area contributed by atoms with Gasteiger partial charge >= 0.3 is 0 Å². The predicted molar refractivity (Wildman–Crippen MR) is 92.1 cm³/mol. The normalized spacial score (nSPS) is 11.4. The minimum absolute atomic E-state index is 0.0123. The van der Waals surface area contributed by atoms with Crippen LogP contribution in [0.4, 0.5) is 17.1 Å². The van der Waals surface area contributed by atoms with E-state index in [-0.39, 0.29) is 4.90 Å². The van der Waals surface area contributed by atoms with Gasteiger partial charge in [-0.1, -0.05) is 15.9 Å². The third-order valence-electron chi connectivity index (χ3n) is 2.89.